The third-order valence-electron chi connectivity index (χ3n) is 3.78. The molecule has 0 spiro atoms. The van der Waals surface area contributed by atoms with Crippen molar-refractivity contribution in [3.8, 4) is 0 Å². The van der Waals surface area contributed by atoms with Crippen LogP contribution in [-0.2, 0) is 27.7 Å². The van der Waals surface area contributed by atoms with Gasteiger partial charge in [0.25, 0.3) is 10.0 Å². The Morgan fingerprint density at radius 2 is 1.75 bits per heavy atom. The molecule has 8 heteroatoms. The molecule has 0 atom stereocenters. The van der Waals surface area contributed by atoms with Gasteiger partial charge in [0.2, 0.25) is 0 Å². The van der Waals surface area contributed by atoms with Gasteiger partial charge in [-0.05, 0) is 47.9 Å². The molecule has 3 rings (SSSR count). The highest BCUT2D eigenvalue weighted by molar-refractivity contribution is 7.92. The second kappa shape index (κ2) is 6.35. The Kier molecular flexibility index (Phi) is 4.55. The molecule has 0 unspecified atom stereocenters. The number of ketones is 1. The fraction of sp³-hybridized carbons (Fsp3) is 0.188. The number of fused-ring (bicyclic) bond motifs is 1. The number of halogens is 3. The molecule has 126 valence electrons. The number of carbonyl (C=O) groups is 1. The second-order valence-electron chi connectivity index (χ2n) is 5.50. The van der Waals surface area contributed by atoms with Crippen LogP contribution in [-0.4, -0.2) is 14.2 Å². The first-order chi connectivity index (χ1) is 11.3. The standard InChI is InChI=1S/C16H12Cl2FNO3S/c17-13-4-2-11(8-14(13)18)20-24(22,23)16-7-9-1-3-12(21)5-10(9)6-15(16)19/h2,4,6-8,20H,1,3,5H2. The monoisotopic (exact) mass is 387 g/mol. The molecule has 0 heterocycles. The number of anilines is 1. The number of sulfonamides is 1. The highest BCUT2D eigenvalue weighted by Gasteiger charge is 2.24. The highest BCUT2D eigenvalue weighted by atomic mass is 35.5. The molecular weight excluding hydrogens is 376 g/mol. The third kappa shape index (κ3) is 3.41. The zero-order valence-corrected chi connectivity index (χ0v) is 14.6. The lowest BCUT2D eigenvalue weighted by Crippen LogP contribution is -2.18. The Labute approximate surface area is 148 Å². The summed E-state index contributed by atoms with van der Waals surface area (Å²) in [5.41, 5.74) is 1.39. The quantitative estimate of drug-likeness (QED) is 0.865. The molecule has 1 aliphatic carbocycles. The zero-order chi connectivity index (χ0) is 17.5. The molecule has 0 saturated carbocycles. The molecule has 1 N–H and O–H groups in total. The summed E-state index contributed by atoms with van der Waals surface area (Å²) in [5, 5.41) is 0.463. The number of carbonyl (C=O) groups excluding carboxylic acids is 1. The van der Waals surface area contributed by atoms with Gasteiger partial charge in [0, 0.05) is 12.8 Å². The normalized spacial score (nSPS) is 14.4. The van der Waals surface area contributed by atoms with Crippen molar-refractivity contribution >= 4 is 44.7 Å². The third-order valence-corrected chi connectivity index (χ3v) is 5.91. The van der Waals surface area contributed by atoms with Gasteiger partial charge >= 0.3 is 0 Å². The first-order valence-corrected chi connectivity index (χ1v) is 9.31. The Hall–Kier alpha value is -1.63. The topological polar surface area (TPSA) is 63.2 Å². The molecule has 24 heavy (non-hydrogen) atoms. The van der Waals surface area contributed by atoms with E-state index >= 15 is 0 Å². The highest BCUT2D eigenvalue weighted by Crippen LogP contribution is 2.29. The molecule has 4 nitrogen and oxygen atoms in total. The summed E-state index contributed by atoms with van der Waals surface area (Å²) in [6.07, 6.45) is 0.870. The fourth-order valence-electron chi connectivity index (χ4n) is 2.58. The fourth-order valence-corrected chi connectivity index (χ4v) is 4.04. The van der Waals surface area contributed by atoms with E-state index < -0.39 is 20.7 Å². The summed E-state index contributed by atoms with van der Waals surface area (Å²) in [6.45, 7) is 0. The Bertz CT molecular complexity index is 945. The van der Waals surface area contributed by atoms with Crippen molar-refractivity contribution in [3.63, 3.8) is 0 Å². The molecule has 1 aliphatic rings. The predicted octanol–water partition coefficient (Wildman–Crippen LogP) is 3.99. The van der Waals surface area contributed by atoms with Gasteiger partial charge in [0.15, 0.2) is 0 Å². The van der Waals surface area contributed by atoms with E-state index in [-0.39, 0.29) is 27.9 Å². The molecule has 0 fully saturated rings. The van der Waals surface area contributed by atoms with Gasteiger partial charge in [-0.3, -0.25) is 9.52 Å². The SMILES string of the molecule is O=C1CCc2cc(S(=O)(=O)Nc3ccc(Cl)c(Cl)c3)c(F)cc2C1. The predicted molar refractivity (Wildman–Crippen MR) is 90.7 cm³/mol. The lowest BCUT2D eigenvalue weighted by atomic mass is 9.91. The maximum absolute atomic E-state index is 14.3. The van der Waals surface area contributed by atoms with Crippen molar-refractivity contribution in [2.24, 2.45) is 0 Å². The molecule has 0 aliphatic heterocycles. The first-order valence-electron chi connectivity index (χ1n) is 7.07. The van der Waals surface area contributed by atoms with Crippen molar-refractivity contribution in [1.29, 1.82) is 0 Å². The number of benzene rings is 2. The average molecular weight is 388 g/mol. The van der Waals surface area contributed by atoms with Crippen LogP contribution < -0.4 is 4.72 Å². The van der Waals surface area contributed by atoms with Gasteiger partial charge in [-0.1, -0.05) is 23.2 Å². The molecule has 2 aromatic rings. The molecule has 0 radical (unpaired) electrons. The van der Waals surface area contributed by atoms with E-state index in [1.807, 2.05) is 0 Å². The smallest absolute Gasteiger partial charge is 0.264 e. The maximum Gasteiger partial charge on any atom is 0.264 e. The van der Waals surface area contributed by atoms with E-state index in [2.05, 4.69) is 4.72 Å². The van der Waals surface area contributed by atoms with Gasteiger partial charge in [0.1, 0.15) is 16.5 Å². The average Bonchev–Trinajstić information content (AvgIpc) is 2.49. The molecular formula is C16H12Cl2FNO3S. The minimum atomic E-state index is -4.13. The van der Waals surface area contributed by atoms with Crippen molar-refractivity contribution in [2.45, 2.75) is 24.2 Å². The summed E-state index contributed by atoms with van der Waals surface area (Å²) >= 11 is 11.6. The van der Waals surface area contributed by atoms with Crippen LogP contribution in [0.25, 0.3) is 0 Å². The van der Waals surface area contributed by atoms with E-state index in [1.165, 1.54) is 24.3 Å². The molecule has 0 bridgehead atoms. The van der Waals surface area contributed by atoms with Crippen LogP contribution in [0.15, 0.2) is 35.2 Å². The van der Waals surface area contributed by atoms with Gasteiger partial charge in [-0.25, -0.2) is 12.8 Å². The number of hydrogen-bond acceptors (Lipinski definition) is 3. The van der Waals surface area contributed by atoms with Gasteiger partial charge < -0.3 is 0 Å². The first kappa shape index (κ1) is 17.2. The van der Waals surface area contributed by atoms with Gasteiger partial charge in [-0.15, -0.1) is 0 Å². The number of nitrogens with one attached hydrogen (secondary N) is 1. The van der Waals surface area contributed by atoms with Crippen molar-refractivity contribution in [3.05, 3.63) is 57.3 Å². The van der Waals surface area contributed by atoms with Gasteiger partial charge in [0.05, 0.1) is 15.7 Å². The van der Waals surface area contributed by atoms with Crippen LogP contribution >= 0.6 is 23.2 Å². The van der Waals surface area contributed by atoms with Crippen LogP contribution in [0.2, 0.25) is 10.0 Å². The van der Waals surface area contributed by atoms with E-state index in [9.17, 15) is 17.6 Å². The van der Waals surface area contributed by atoms with Crippen LogP contribution in [0, 0.1) is 5.82 Å². The van der Waals surface area contributed by atoms with E-state index in [4.69, 9.17) is 23.2 Å². The number of rotatable bonds is 3. The largest absolute Gasteiger partial charge is 0.299 e. The number of hydrogen-bond donors (Lipinski definition) is 1. The van der Waals surface area contributed by atoms with Crippen LogP contribution in [0.1, 0.15) is 17.5 Å². The summed E-state index contributed by atoms with van der Waals surface area (Å²) in [7, 11) is -4.13. The van der Waals surface area contributed by atoms with Crippen molar-refractivity contribution < 1.29 is 17.6 Å². The Morgan fingerprint density at radius 1 is 1.00 bits per heavy atom. The maximum atomic E-state index is 14.3. The van der Waals surface area contributed by atoms with Crippen molar-refractivity contribution in [1.82, 2.24) is 0 Å². The Morgan fingerprint density at radius 3 is 2.46 bits per heavy atom. The minimum Gasteiger partial charge on any atom is -0.299 e. The summed E-state index contributed by atoms with van der Waals surface area (Å²) in [6, 6.07) is 6.63. The van der Waals surface area contributed by atoms with Gasteiger partial charge in [-0.2, -0.15) is 0 Å². The molecule has 0 aromatic heterocycles. The minimum absolute atomic E-state index is 0.0199. The van der Waals surface area contributed by atoms with E-state index in [0.717, 1.165) is 6.07 Å². The van der Waals surface area contributed by atoms with Crippen LogP contribution in [0.3, 0.4) is 0 Å². The zero-order valence-electron chi connectivity index (χ0n) is 12.3. The van der Waals surface area contributed by atoms with Crippen molar-refractivity contribution in [2.75, 3.05) is 4.72 Å². The summed E-state index contributed by atoms with van der Waals surface area (Å²) in [4.78, 5) is 11.0. The summed E-state index contributed by atoms with van der Waals surface area (Å²) < 4.78 is 41.5. The van der Waals surface area contributed by atoms with Crippen LogP contribution in [0.5, 0.6) is 0 Å². The van der Waals surface area contributed by atoms with E-state index in [1.54, 1.807) is 0 Å². The second-order valence-corrected chi connectivity index (χ2v) is 7.97. The summed E-state index contributed by atoms with van der Waals surface area (Å²) in [5.74, 6) is -0.873. The molecule has 2 aromatic carbocycles. The van der Waals surface area contributed by atoms with Crippen LogP contribution in [0.4, 0.5) is 10.1 Å². The van der Waals surface area contributed by atoms with E-state index in [0.29, 0.717) is 24.0 Å². The number of aryl methyl sites for hydroxylation is 1. The Balaban J connectivity index is 1.97. The lowest BCUT2D eigenvalue weighted by molar-refractivity contribution is -0.118. The lowest BCUT2D eigenvalue weighted by Gasteiger charge is -2.17. The molecule has 0 saturated heterocycles. The number of Topliss-reactive ketones (excluding diaryl/α,β-unsaturated/α-hetero) is 1. The molecule has 0 amide bonds.